The van der Waals surface area contributed by atoms with Crippen LogP contribution in [-0.4, -0.2) is 23.0 Å². The van der Waals surface area contributed by atoms with Gasteiger partial charge in [0.1, 0.15) is 5.01 Å². The number of aromatic nitrogens is 1. The Hall–Kier alpha value is -3.19. The highest BCUT2D eigenvalue weighted by Gasteiger charge is 2.09. The van der Waals surface area contributed by atoms with Crippen molar-refractivity contribution in [2.24, 2.45) is 0 Å². The Kier molecular flexibility index (Phi) is 5.83. The van der Waals surface area contributed by atoms with Gasteiger partial charge in [0.25, 0.3) is 0 Å². The molecule has 0 aliphatic heterocycles. The molecule has 138 valence electrons. The Bertz CT molecular complexity index is 961. The number of amides is 3. The molecule has 2 aromatic carbocycles. The Balaban J connectivity index is 1.67. The van der Waals surface area contributed by atoms with E-state index in [2.05, 4.69) is 20.9 Å². The van der Waals surface area contributed by atoms with Gasteiger partial charge >= 0.3 is 6.03 Å². The van der Waals surface area contributed by atoms with Crippen molar-refractivity contribution in [1.29, 1.82) is 0 Å². The van der Waals surface area contributed by atoms with Gasteiger partial charge in [-0.05, 0) is 44.2 Å². The summed E-state index contributed by atoms with van der Waals surface area (Å²) in [4.78, 5) is 28.6. The number of benzene rings is 2. The lowest BCUT2D eigenvalue weighted by Crippen LogP contribution is -2.34. The molecule has 0 bridgehead atoms. The van der Waals surface area contributed by atoms with E-state index in [4.69, 9.17) is 0 Å². The van der Waals surface area contributed by atoms with Gasteiger partial charge in [0, 0.05) is 12.1 Å². The minimum absolute atomic E-state index is 0.0171. The lowest BCUT2D eigenvalue weighted by atomic mass is 10.2. The fourth-order valence-electron chi connectivity index (χ4n) is 2.40. The zero-order chi connectivity index (χ0) is 19.2. The number of para-hydroxylation sites is 3. The summed E-state index contributed by atoms with van der Waals surface area (Å²) < 4.78 is 1.07. The lowest BCUT2D eigenvalue weighted by Gasteiger charge is -2.13. The van der Waals surface area contributed by atoms with Crippen molar-refractivity contribution in [2.75, 3.05) is 10.6 Å². The number of urea groups is 1. The molecule has 0 unspecified atom stereocenters. The van der Waals surface area contributed by atoms with Crippen LogP contribution in [0.1, 0.15) is 18.9 Å². The van der Waals surface area contributed by atoms with E-state index in [1.165, 1.54) is 17.4 Å². The number of rotatable bonds is 5. The first-order valence-corrected chi connectivity index (χ1v) is 9.34. The van der Waals surface area contributed by atoms with Crippen LogP contribution in [0.2, 0.25) is 0 Å². The Labute approximate surface area is 161 Å². The Morgan fingerprint density at radius 2 is 1.67 bits per heavy atom. The molecule has 0 aliphatic carbocycles. The molecule has 0 saturated carbocycles. The second-order valence-electron chi connectivity index (χ2n) is 6.14. The fourth-order valence-corrected chi connectivity index (χ4v) is 3.27. The van der Waals surface area contributed by atoms with Crippen LogP contribution in [0, 0.1) is 0 Å². The lowest BCUT2D eigenvalue weighted by molar-refractivity contribution is -0.111. The highest BCUT2D eigenvalue weighted by atomic mass is 32.1. The average molecular weight is 380 g/mol. The van der Waals surface area contributed by atoms with Crippen molar-refractivity contribution < 1.29 is 9.59 Å². The number of anilines is 2. The number of carbonyl (C=O) groups excluding carboxylic acids is 2. The van der Waals surface area contributed by atoms with Gasteiger partial charge in [-0.15, -0.1) is 11.3 Å². The molecule has 27 heavy (non-hydrogen) atoms. The second kappa shape index (κ2) is 8.46. The number of fused-ring (bicyclic) bond motifs is 1. The van der Waals surface area contributed by atoms with Crippen LogP contribution in [0.5, 0.6) is 0 Å². The molecule has 3 aromatic rings. The van der Waals surface area contributed by atoms with Gasteiger partial charge in [-0.1, -0.05) is 24.3 Å². The van der Waals surface area contributed by atoms with Crippen LogP contribution < -0.4 is 16.0 Å². The number of carbonyl (C=O) groups is 2. The fraction of sp³-hybridized carbons (Fsp3) is 0.150. The molecule has 0 fully saturated rings. The van der Waals surface area contributed by atoms with Gasteiger partial charge in [0.15, 0.2) is 0 Å². The summed E-state index contributed by atoms with van der Waals surface area (Å²) in [6.45, 7) is 3.75. The zero-order valence-electron chi connectivity index (χ0n) is 15.0. The van der Waals surface area contributed by atoms with Gasteiger partial charge in [-0.25, -0.2) is 9.78 Å². The van der Waals surface area contributed by atoms with E-state index < -0.39 is 0 Å². The number of thiazole rings is 1. The third kappa shape index (κ3) is 5.15. The summed E-state index contributed by atoms with van der Waals surface area (Å²) in [5.74, 6) is -0.298. The van der Waals surface area contributed by atoms with E-state index in [-0.39, 0.29) is 18.0 Å². The third-order valence-corrected chi connectivity index (χ3v) is 4.54. The van der Waals surface area contributed by atoms with Crippen LogP contribution in [-0.2, 0) is 4.79 Å². The minimum Gasteiger partial charge on any atom is -0.336 e. The number of hydrogen-bond donors (Lipinski definition) is 3. The maximum absolute atomic E-state index is 12.3. The molecule has 0 atom stereocenters. The van der Waals surface area contributed by atoms with E-state index in [1.807, 2.05) is 38.1 Å². The van der Waals surface area contributed by atoms with Crippen molar-refractivity contribution in [3.8, 4) is 0 Å². The highest BCUT2D eigenvalue weighted by Crippen LogP contribution is 2.23. The highest BCUT2D eigenvalue weighted by molar-refractivity contribution is 7.19. The summed E-state index contributed by atoms with van der Waals surface area (Å²) in [5.41, 5.74) is 1.96. The molecule has 0 saturated heterocycles. The predicted molar refractivity (Wildman–Crippen MR) is 111 cm³/mol. The summed E-state index contributed by atoms with van der Waals surface area (Å²) >= 11 is 1.52. The third-order valence-electron chi connectivity index (χ3n) is 3.54. The summed E-state index contributed by atoms with van der Waals surface area (Å²) in [7, 11) is 0. The van der Waals surface area contributed by atoms with Crippen molar-refractivity contribution in [2.45, 2.75) is 19.9 Å². The van der Waals surface area contributed by atoms with Gasteiger partial charge < -0.3 is 16.0 Å². The van der Waals surface area contributed by atoms with E-state index in [0.717, 1.165) is 15.2 Å². The van der Waals surface area contributed by atoms with Crippen molar-refractivity contribution in [3.63, 3.8) is 0 Å². The molecule has 0 radical (unpaired) electrons. The van der Waals surface area contributed by atoms with Crippen molar-refractivity contribution in [1.82, 2.24) is 10.3 Å². The Morgan fingerprint density at radius 3 is 2.37 bits per heavy atom. The van der Waals surface area contributed by atoms with Gasteiger partial charge in [-0.3, -0.25) is 4.79 Å². The molecular weight excluding hydrogens is 360 g/mol. The van der Waals surface area contributed by atoms with E-state index in [9.17, 15) is 9.59 Å². The van der Waals surface area contributed by atoms with Crippen LogP contribution in [0.25, 0.3) is 16.3 Å². The first-order valence-electron chi connectivity index (χ1n) is 8.52. The van der Waals surface area contributed by atoms with Crippen LogP contribution >= 0.6 is 11.3 Å². The minimum atomic E-state index is -0.322. The molecule has 3 rings (SSSR count). The number of nitrogens with one attached hydrogen (secondary N) is 3. The molecule has 7 heteroatoms. The summed E-state index contributed by atoms with van der Waals surface area (Å²) in [6, 6.07) is 14.6. The monoisotopic (exact) mass is 380 g/mol. The maximum atomic E-state index is 12.3. The van der Waals surface area contributed by atoms with E-state index >= 15 is 0 Å². The molecule has 0 aliphatic rings. The normalized spacial score (nSPS) is 11.1. The SMILES string of the molecule is CC(C)NC(=O)Nc1ccccc1NC(=O)C=Cc1nc2ccccc2s1. The molecular formula is C20H20N4O2S. The number of nitrogens with zero attached hydrogens (tertiary/aromatic N) is 1. The predicted octanol–water partition coefficient (Wildman–Crippen LogP) is 4.48. The summed E-state index contributed by atoms with van der Waals surface area (Å²) in [5, 5.41) is 9.03. The quantitative estimate of drug-likeness (QED) is 0.571. The van der Waals surface area contributed by atoms with Gasteiger partial charge in [0.05, 0.1) is 21.6 Å². The van der Waals surface area contributed by atoms with E-state index in [0.29, 0.717) is 11.4 Å². The van der Waals surface area contributed by atoms with Gasteiger partial charge in [0.2, 0.25) is 5.91 Å². The van der Waals surface area contributed by atoms with Crippen LogP contribution in [0.3, 0.4) is 0 Å². The molecule has 0 spiro atoms. The molecule has 3 N–H and O–H groups in total. The first-order chi connectivity index (χ1) is 13.0. The topological polar surface area (TPSA) is 83.1 Å². The number of hydrogen-bond acceptors (Lipinski definition) is 4. The molecule has 3 amide bonds. The molecule has 1 aromatic heterocycles. The standard InChI is InChI=1S/C20H20N4O2S/c1-13(2)21-20(26)24-15-8-4-3-7-14(15)22-18(25)11-12-19-23-16-9-5-6-10-17(16)27-19/h3-13H,1-2H3,(H,22,25)(H2,21,24,26). The largest absolute Gasteiger partial charge is 0.336 e. The van der Waals surface area contributed by atoms with Crippen LogP contribution in [0.4, 0.5) is 16.2 Å². The molecule has 6 nitrogen and oxygen atoms in total. The maximum Gasteiger partial charge on any atom is 0.319 e. The van der Waals surface area contributed by atoms with Crippen molar-refractivity contribution >= 4 is 50.9 Å². The van der Waals surface area contributed by atoms with Crippen molar-refractivity contribution in [3.05, 3.63) is 59.6 Å². The zero-order valence-corrected chi connectivity index (χ0v) is 15.8. The summed E-state index contributed by atoms with van der Waals surface area (Å²) in [6.07, 6.45) is 3.12. The average Bonchev–Trinajstić information content (AvgIpc) is 3.04. The van der Waals surface area contributed by atoms with E-state index in [1.54, 1.807) is 30.3 Å². The molecule has 1 heterocycles. The van der Waals surface area contributed by atoms with Gasteiger partial charge in [-0.2, -0.15) is 0 Å². The van der Waals surface area contributed by atoms with Crippen LogP contribution in [0.15, 0.2) is 54.6 Å². The second-order valence-corrected chi connectivity index (χ2v) is 7.20. The smallest absolute Gasteiger partial charge is 0.319 e. The first kappa shape index (κ1) is 18.6. The Morgan fingerprint density at radius 1 is 1.00 bits per heavy atom.